The number of ether oxygens (including phenoxy) is 1. The first-order valence-electron chi connectivity index (χ1n) is 8.09. The van der Waals surface area contributed by atoms with Gasteiger partial charge in [0.15, 0.2) is 0 Å². The quantitative estimate of drug-likeness (QED) is 0.915. The molecule has 2 heterocycles. The van der Waals surface area contributed by atoms with Gasteiger partial charge in [-0.2, -0.15) is 0 Å². The van der Waals surface area contributed by atoms with Gasteiger partial charge in [-0.1, -0.05) is 12.1 Å². The largest absolute Gasteiger partial charge is 0.497 e. The summed E-state index contributed by atoms with van der Waals surface area (Å²) in [4.78, 5) is 12.4. The van der Waals surface area contributed by atoms with E-state index in [1.54, 1.807) is 11.7 Å². The summed E-state index contributed by atoms with van der Waals surface area (Å²) < 4.78 is 6.81. The number of amides is 1. The van der Waals surface area contributed by atoms with E-state index in [0.29, 0.717) is 18.0 Å². The number of methoxy groups -OCH3 is 1. The molecule has 1 aromatic carbocycles. The maximum absolute atomic E-state index is 12.4. The molecule has 3 atom stereocenters. The number of rotatable bonds is 3. The van der Waals surface area contributed by atoms with Gasteiger partial charge in [0.1, 0.15) is 5.75 Å². The van der Waals surface area contributed by atoms with Gasteiger partial charge in [0.05, 0.1) is 7.11 Å². The zero-order valence-corrected chi connectivity index (χ0v) is 13.2. The molecule has 1 aliphatic heterocycles. The summed E-state index contributed by atoms with van der Waals surface area (Å²) in [6, 6.07) is 10.7. The zero-order chi connectivity index (χ0) is 15.8. The minimum absolute atomic E-state index is 0.0395. The lowest BCUT2D eigenvalue weighted by Crippen LogP contribution is -2.45. The highest BCUT2D eigenvalue weighted by molar-refractivity contribution is 5.79. The van der Waals surface area contributed by atoms with Crippen LogP contribution in [0.5, 0.6) is 5.75 Å². The Bertz CT molecular complexity index is 707. The fraction of sp³-hybridized carbons (Fsp3) is 0.389. The molecule has 2 bridgehead atoms. The maximum Gasteiger partial charge on any atom is 0.325 e. The fourth-order valence-electron chi connectivity index (χ4n) is 3.72. The summed E-state index contributed by atoms with van der Waals surface area (Å²) >= 11 is 0. The lowest BCUT2D eigenvalue weighted by molar-refractivity contribution is 0.233. The Hall–Kier alpha value is -2.27. The van der Waals surface area contributed by atoms with Crippen molar-refractivity contribution in [3.8, 4) is 16.9 Å². The molecule has 1 saturated carbocycles. The first-order valence-corrected chi connectivity index (χ1v) is 8.09. The molecule has 1 aliphatic carbocycles. The van der Waals surface area contributed by atoms with Gasteiger partial charge in [-0.15, -0.1) is 0 Å². The molecule has 2 aromatic rings. The number of carbonyl (C=O) groups is 1. The predicted octanol–water partition coefficient (Wildman–Crippen LogP) is 2.47. The van der Waals surface area contributed by atoms with Crippen LogP contribution in [0.3, 0.4) is 0 Å². The average molecular weight is 311 g/mol. The van der Waals surface area contributed by atoms with Gasteiger partial charge in [-0.25, -0.2) is 4.79 Å². The molecule has 23 heavy (non-hydrogen) atoms. The van der Waals surface area contributed by atoms with E-state index in [2.05, 4.69) is 10.6 Å². The molecular weight excluding hydrogens is 290 g/mol. The normalized spacial score (nSPS) is 25.5. The lowest BCUT2D eigenvalue weighted by Gasteiger charge is -2.23. The number of aromatic nitrogens is 1. The van der Waals surface area contributed by atoms with Gasteiger partial charge in [-0.05, 0) is 48.1 Å². The van der Waals surface area contributed by atoms with Crippen LogP contribution in [0.15, 0.2) is 42.7 Å². The van der Waals surface area contributed by atoms with E-state index in [4.69, 9.17) is 4.74 Å². The van der Waals surface area contributed by atoms with E-state index in [0.717, 1.165) is 29.8 Å². The Kier molecular flexibility index (Phi) is 3.58. The van der Waals surface area contributed by atoms with Crippen molar-refractivity contribution in [3.05, 3.63) is 42.7 Å². The predicted molar refractivity (Wildman–Crippen MR) is 88.7 cm³/mol. The smallest absolute Gasteiger partial charge is 0.325 e. The van der Waals surface area contributed by atoms with Crippen molar-refractivity contribution in [3.63, 3.8) is 0 Å². The van der Waals surface area contributed by atoms with Gasteiger partial charge in [0.25, 0.3) is 0 Å². The number of benzene rings is 1. The van der Waals surface area contributed by atoms with Crippen LogP contribution in [0.2, 0.25) is 0 Å². The third-order valence-corrected chi connectivity index (χ3v) is 5.02. The first-order chi connectivity index (χ1) is 11.2. The third-order valence-electron chi connectivity index (χ3n) is 5.02. The van der Waals surface area contributed by atoms with Crippen LogP contribution < -0.4 is 15.4 Å². The second kappa shape index (κ2) is 5.74. The maximum atomic E-state index is 12.4. The van der Waals surface area contributed by atoms with Crippen molar-refractivity contribution in [2.45, 2.75) is 24.9 Å². The first kappa shape index (κ1) is 14.3. The van der Waals surface area contributed by atoms with Gasteiger partial charge < -0.3 is 15.4 Å². The molecule has 3 unspecified atom stereocenters. The summed E-state index contributed by atoms with van der Waals surface area (Å²) in [5.74, 6) is 1.41. The zero-order valence-electron chi connectivity index (χ0n) is 13.2. The van der Waals surface area contributed by atoms with E-state index >= 15 is 0 Å². The van der Waals surface area contributed by atoms with Crippen LogP contribution in [0.1, 0.15) is 12.8 Å². The van der Waals surface area contributed by atoms with Crippen LogP contribution in [0.4, 0.5) is 4.79 Å². The molecule has 4 rings (SSSR count). The Balaban J connectivity index is 1.45. The van der Waals surface area contributed by atoms with E-state index in [-0.39, 0.29) is 6.03 Å². The molecule has 5 nitrogen and oxygen atoms in total. The summed E-state index contributed by atoms with van der Waals surface area (Å²) in [5.41, 5.74) is 2.10. The number of nitrogens with one attached hydrogen (secondary N) is 2. The van der Waals surface area contributed by atoms with Gasteiger partial charge in [0, 0.05) is 31.0 Å². The highest BCUT2D eigenvalue weighted by atomic mass is 16.5. The van der Waals surface area contributed by atoms with Crippen molar-refractivity contribution in [2.75, 3.05) is 13.7 Å². The van der Waals surface area contributed by atoms with E-state index in [9.17, 15) is 4.79 Å². The highest BCUT2D eigenvalue weighted by Crippen LogP contribution is 2.31. The number of hydrogen-bond acceptors (Lipinski definition) is 3. The molecule has 120 valence electrons. The van der Waals surface area contributed by atoms with Crippen molar-refractivity contribution >= 4 is 6.03 Å². The second-order valence-electron chi connectivity index (χ2n) is 6.43. The van der Waals surface area contributed by atoms with Gasteiger partial charge >= 0.3 is 6.03 Å². The minimum Gasteiger partial charge on any atom is -0.497 e. The minimum atomic E-state index is -0.0395. The van der Waals surface area contributed by atoms with Crippen molar-refractivity contribution < 1.29 is 9.53 Å². The van der Waals surface area contributed by atoms with Crippen LogP contribution in [0, 0.1) is 5.92 Å². The summed E-state index contributed by atoms with van der Waals surface area (Å²) in [6.45, 7) is 1.03. The molecule has 0 spiro atoms. The molecule has 5 heteroatoms. The molecule has 1 saturated heterocycles. The van der Waals surface area contributed by atoms with E-state index < -0.39 is 0 Å². The summed E-state index contributed by atoms with van der Waals surface area (Å²) in [6.07, 6.45) is 5.93. The summed E-state index contributed by atoms with van der Waals surface area (Å²) in [5, 5.41) is 6.64. The van der Waals surface area contributed by atoms with Crippen LogP contribution in [-0.4, -0.2) is 36.3 Å². The number of fused-ring (bicyclic) bond motifs is 2. The van der Waals surface area contributed by atoms with Gasteiger partial charge in [-0.3, -0.25) is 4.57 Å². The summed E-state index contributed by atoms with van der Waals surface area (Å²) in [7, 11) is 1.65. The highest BCUT2D eigenvalue weighted by Gasteiger charge is 2.40. The number of carbonyl (C=O) groups excluding carboxylic acids is 1. The Morgan fingerprint density at radius 2 is 2.04 bits per heavy atom. The van der Waals surface area contributed by atoms with Crippen LogP contribution >= 0.6 is 0 Å². The third kappa shape index (κ3) is 2.72. The Labute approximate surface area is 135 Å². The Morgan fingerprint density at radius 1 is 1.22 bits per heavy atom. The molecule has 2 fully saturated rings. The van der Waals surface area contributed by atoms with Gasteiger partial charge in [0.2, 0.25) is 0 Å². The Morgan fingerprint density at radius 3 is 2.70 bits per heavy atom. The molecular formula is C18H21N3O2. The van der Waals surface area contributed by atoms with Crippen LogP contribution in [0.25, 0.3) is 11.1 Å². The van der Waals surface area contributed by atoms with Crippen molar-refractivity contribution in [1.82, 2.24) is 15.2 Å². The molecule has 1 aromatic heterocycles. The van der Waals surface area contributed by atoms with Crippen molar-refractivity contribution in [1.29, 1.82) is 0 Å². The SMILES string of the molecule is COc1ccc(-c2ccn(C(=O)NC3CC4CC3CN4)c2)cc1. The lowest BCUT2D eigenvalue weighted by atomic mass is 10.0. The topological polar surface area (TPSA) is 55.3 Å². The molecule has 2 aliphatic rings. The monoisotopic (exact) mass is 311 g/mol. The van der Waals surface area contributed by atoms with Crippen molar-refractivity contribution in [2.24, 2.45) is 5.92 Å². The molecule has 0 radical (unpaired) electrons. The second-order valence-corrected chi connectivity index (χ2v) is 6.43. The number of hydrogen-bond donors (Lipinski definition) is 2. The fourth-order valence-corrected chi connectivity index (χ4v) is 3.72. The number of nitrogens with zero attached hydrogens (tertiary/aromatic N) is 1. The average Bonchev–Trinajstić information content (AvgIpc) is 3.31. The number of piperidine rings is 1. The molecule has 2 N–H and O–H groups in total. The van der Waals surface area contributed by atoms with E-state index in [1.165, 1.54) is 6.42 Å². The molecule has 1 amide bonds. The standard InChI is InChI=1S/C18H21N3O2/c1-23-16-4-2-12(3-5-16)13-6-7-21(11-13)18(22)20-17-9-15-8-14(17)10-19-15/h2-7,11,14-15,17,19H,8-10H2,1H3,(H,20,22). The van der Waals surface area contributed by atoms with Crippen LogP contribution in [-0.2, 0) is 0 Å². The van der Waals surface area contributed by atoms with E-state index in [1.807, 2.05) is 42.7 Å².